The molecule has 2 N–H and O–H groups in total. The van der Waals surface area contributed by atoms with E-state index in [1.165, 1.54) is 0 Å². The van der Waals surface area contributed by atoms with Gasteiger partial charge in [0.2, 0.25) is 5.95 Å². The first-order chi connectivity index (χ1) is 17.5. The van der Waals surface area contributed by atoms with Gasteiger partial charge in [0, 0.05) is 28.2 Å². The quantitative estimate of drug-likeness (QED) is 0.252. The van der Waals surface area contributed by atoms with Gasteiger partial charge in [-0.1, -0.05) is 24.3 Å². The van der Waals surface area contributed by atoms with Crippen molar-refractivity contribution < 1.29 is 18.7 Å². The average molecular weight is 482 g/mol. The number of nitrogens with zero attached hydrogens (tertiary/aromatic N) is 1. The molecule has 0 aliphatic carbocycles. The van der Waals surface area contributed by atoms with Crippen molar-refractivity contribution in [2.24, 2.45) is 0 Å². The molecule has 36 heavy (non-hydrogen) atoms. The molecule has 0 unspecified atom stereocenters. The van der Waals surface area contributed by atoms with Crippen LogP contribution in [-0.4, -0.2) is 29.6 Å². The van der Waals surface area contributed by atoms with Crippen LogP contribution in [0.2, 0.25) is 0 Å². The molecule has 0 spiro atoms. The van der Waals surface area contributed by atoms with Gasteiger partial charge in [-0.25, -0.2) is 4.98 Å². The first-order valence-corrected chi connectivity index (χ1v) is 11.7. The summed E-state index contributed by atoms with van der Waals surface area (Å²) in [5, 5.41) is 3.76. The topological polar surface area (TPSA) is 89.4 Å². The van der Waals surface area contributed by atoms with E-state index in [-0.39, 0.29) is 5.91 Å². The van der Waals surface area contributed by atoms with Gasteiger partial charge in [0.05, 0.1) is 31.0 Å². The number of aromatic amines is 1. The van der Waals surface area contributed by atoms with Crippen LogP contribution < -0.4 is 14.8 Å². The number of ether oxygens (including phenoxy) is 2. The minimum absolute atomic E-state index is 0.285. The zero-order chi connectivity index (χ0) is 25.2. The molecule has 0 saturated carbocycles. The van der Waals surface area contributed by atoms with Crippen molar-refractivity contribution in [2.45, 2.75) is 20.8 Å². The van der Waals surface area contributed by atoms with Gasteiger partial charge in [0.1, 0.15) is 17.1 Å². The Morgan fingerprint density at radius 1 is 1.17 bits per heavy atom. The number of H-pyrrole nitrogens is 1. The monoisotopic (exact) mass is 481 g/mol. The Kier molecular flexibility index (Phi) is 6.21. The Balaban J connectivity index is 1.54. The number of para-hydroxylation sites is 2. The van der Waals surface area contributed by atoms with Crippen molar-refractivity contribution in [3.63, 3.8) is 0 Å². The Morgan fingerprint density at radius 3 is 2.78 bits per heavy atom. The lowest BCUT2D eigenvalue weighted by Gasteiger charge is -2.15. The van der Waals surface area contributed by atoms with Crippen LogP contribution in [0.4, 0.5) is 5.95 Å². The van der Waals surface area contributed by atoms with E-state index >= 15 is 0 Å². The summed E-state index contributed by atoms with van der Waals surface area (Å²) in [5.74, 6) is 1.58. The van der Waals surface area contributed by atoms with E-state index in [1.807, 2.05) is 75.4 Å². The Hall–Kier alpha value is -4.52. The number of imidazole rings is 1. The van der Waals surface area contributed by atoms with Crippen molar-refractivity contribution in [3.8, 4) is 22.6 Å². The number of carbonyl (C=O) groups excluding carboxylic acids is 1. The Bertz CT molecular complexity index is 1580. The SMILES string of the molecule is CCOc1c(/C(C)=C/C(=O)Nc2nc3ccccc3[nH]2)cc2c(-c3cccc(OC)c3)coc2c1C. The number of carbonyl (C=O) groups is 1. The molecule has 0 saturated heterocycles. The van der Waals surface area contributed by atoms with Crippen molar-refractivity contribution in [1.82, 2.24) is 9.97 Å². The molecule has 7 heteroatoms. The smallest absolute Gasteiger partial charge is 0.250 e. The van der Waals surface area contributed by atoms with Crippen LogP contribution >= 0.6 is 0 Å². The molecule has 182 valence electrons. The van der Waals surface area contributed by atoms with Gasteiger partial charge >= 0.3 is 0 Å². The number of aryl methyl sites for hydroxylation is 1. The number of benzene rings is 3. The highest BCUT2D eigenvalue weighted by Crippen LogP contribution is 2.41. The number of rotatable bonds is 7. The molecule has 5 aromatic rings. The minimum atomic E-state index is -0.285. The normalized spacial score (nSPS) is 11.7. The molecule has 7 nitrogen and oxygen atoms in total. The first-order valence-electron chi connectivity index (χ1n) is 11.7. The van der Waals surface area contributed by atoms with Crippen LogP contribution in [-0.2, 0) is 4.79 Å². The van der Waals surface area contributed by atoms with Gasteiger partial charge in [-0.05, 0) is 62.2 Å². The highest BCUT2D eigenvalue weighted by Gasteiger charge is 2.19. The third-order valence-electron chi connectivity index (χ3n) is 6.12. The largest absolute Gasteiger partial charge is 0.497 e. The lowest BCUT2D eigenvalue weighted by atomic mass is 9.96. The predicted octanol–water partition coefficient (Wildman–Crippen LogP) is 6.73. The summed E-state index contributed by atoms with van der Waals surface area (Å²) in [6.07, 6.45) is 3.31. The molecular weight excluding hydrogens is 454 g/mol. The lowest BCUT2D eigenvalue weighted by molar-refractivity contribution is -0.111. The number of fused-ring (bicyclic) bond motifs is 2. The number of aromatic nitrogens is 2. The molecule has 0 bridgehead atoms. The minimum Gasteiger partial charge on any atom is -0.497 e. The molecular formula is C29H27N3O4. The van der Waals surface area contributed by atoms with Crippen LogP contribution in [0.15, 0.2) is 71.4 Å². The Morgan fingerprint density at radius 2 is 2.00 bits per heavy atom. The van der Waals surface area contributed by atoms with Gasteiger partial charge in [0.15, 0.2) is 0 Å². The molecule has 2 aromatic heterocycles. The molecule has 0 aliphatic heterocycles. The summed E-state index contributed by atoms with van der Waals surface area (Å²) in [6, 6.07) is 17.5. The molecule has 0 radical (unpaired) electrons. The van der Waals surface area contributed by atoms with Gasteiger partial charge in [0.25, 0.3) is 5.91 Å². The van der Waals surface area contributed by atoms with Crippen LogP contribution in [0.25, 0.3) is 38.7 Å². The van der Waals surface area contributed by atoms with Gasteiger partial charge in [-0.3, -0.25) is 10.1 Å². The third kappa shape index (κ3) is 4.31. The molecule has 0 atom stereocenters. The molecule has 2 heterocycles. The second-order valence-corrected chi connectivity index (χ2v) is 8.49. The summed E-state index contributed by atoms with van der Waals surface area (Å²) in [5.41, 5.74) is 6.78. The van der Waals surface area contributed by atoms with Gasteiger partial charge < -0.3 is 18.9 Å². The molecule has 0 fully saturated rings. The highest BCUT2D eigenvalue weighted by molar-refractivity contribution is 6.05. The van der Waals surface area contributed by atoms with Crippen molar-refractivity contribution in [3.05, 3.63) is 78.1 Å². The van der Waals surface area contributed by atoms with E-state index < -0.39 is 0 Å². The third-order valence-corrected chi connectivity index (χ3v) is 6.12. The zero-order valence-corrected chi connectivity index (χ0v) is 20.6. The van der Waals surface area contributed by atoms with Crippen molar-refractivity contribution in [1.29, 1.82) is 0 Å². The summed E-state index contributed by atoms with van der Waals surface area (Å²) in [6.45, 7) is 6.29. The van der Waals surface area contributed by atoms with E-state index in [0.717, 1.165) is 55.6 Å². The van der Waals surface area contributed by atoms with E-state index in [0.29, 0.717) is 18.3 Å². The van der Waals surface area contributed by atoms with Crippen LogP contribution in [0.3, 0.4) is 0 Å². The van der Waals surface area contributed by atoms with E-state index in [4.69, 9.17) is 13.9 Å². The molecule has 0 aliphatic rings. The van der Waals surface area contributed by atoms with Crippen LogP contribution in [0.1, 0.15) is 25.0 Å². The number of anilines is 1. The van der Waals surface area contributed by atoms with Crippen LogP contribution in [0, 0.1) is 6.92 Å². The predicted molar refractivity (Wildman–Crippen MR) is 142 cm³/mol. The van der Waals surface area contributed by atoms with Gasteiger partial charge in [-0.15, -0.1) is 0 Å². The first kappa shape index (κ1) is 23.2. The number of furan rings is 1. The number of hydrogen-bond donors (Lipinski definition) is 2. The number of nitrogens with one attached hydrogen (secondary N) is 2. The lowest BCUT2D eigenvalue weighted by Crippen LogP contribution is -2.10. The second-order valence-electron chi connectivity index (χ2n) is 8.49. The van der Waals surface area contributed by atoms with E-state index in [1.54, 1.807) is 19.4 Å². The maximum Gasteiger partial charge on any atom is 0.250 e. The summed E-state index contributed by atoms with van der Waals surface area (Å²) < 4.78 is 17.4. The Labute approximate surface area is 208 Å². The zero-order valence-electron chi connectivity index (χ0n) is 20.6. The fraction of sp³-hybridized carbons (Fsp3) is 0.172. The summed E-state index contributed by atoms with van der Waals surface area (Å²) in [4.78, 5) is 20.4. The molecule has 1 amide bonds. The number of allylic oxidation sites excluding steroid dienone is 1. The number of methoxy groups -OCH3 is 1. The highest BCUT2D eigenvalue weighted by atomic mass is 16.5. The fourth-order valence-electron chi connectivity index (χ4n) is 4.39. The van der Waals surface area contributed by atoms with Gasteiger partial charge in [-0.2, -0.15) is 0 Å². The summed E-state index contributed by atoms with van der Waals surface area (Å²) >= 11 is 0. The number of hydrogen-bond acceptors (Lipinski definition) is 5. The fourth-order valence-corrected chi connectivity index (χ4v) is 4.39. The molecule has 5 rings (SSSR count). The molecule has 3 aromatic carbocycles. The van der Waals surface area contributed by atoms with Crippen molar-refractivity contribution >= 4 is 39.4 Å². The average Bonchev–Trinajstić information content (AvgIpc) is 3.49. The van der Waals surface area contributed by atoms with Crippen molar-refractivity contribution in [2.75, 3.05) is 19.0 Å². The maximum absolute atomic E-state index is 12.9. The standard InChI is InChI=1S/C29H27N3O4/c1-5-35-27-18(3)28-22(23(16-36-28)19-9-8-10-20(14-19)34-4)15-21(27)17(2)13-26(33)32-29-30-24-11-6-7-12-25(24)31-29/h6-16H,5H2,1-4H3,(H2,30,31,32,33)/b17-13+. The van der Waals surface area contributed by atoms with Crippen LogP contribution in [0.5, 0.6) is 11.5 Å². The second kappa shape index (κ2) is 9.62. The van der Waals surface area contributed by atoms with E-state index in [9.17, 15) is 4.79 Å². The summed E-state index contributed by atoms with van der Waals surface area (Å²) in [7, 11) is 1.65. The van der Waals surface area contributed by atoms with E-state index in [2.05, 4.69) is 15.3 Å². The number of amides is 1. The maximum atomic E-state index is 12.9.